The van der Waals surface area contributed by atoms with Gasteiger partial charge in [-0.05, 0) is 23.6 Å². The summed E-state index contributed by atoms with van der Waals surface area (Å²) in [6.07, 6.45) is 4.43. The Bertz CT molecular complexity index is 491. The second kappa shape index (κ2) is 4.97. The van der Waals surface area contributed by atoms with Gasteiger partial charge in [0, 0.05) is 23.6 Å². The lowest BCUT2D eigenvalue weighted by atomic mass is 9.98. The molecular weight excluding hydrogens is 210 g/mol. The molecule has 0 amide bonds. The molecule has 0 aliphatic heterocycles. The van der Waals surface area contributed by atoms with Crippen molar-refractivity contribution in [3.8, 4) is 0 Å². The van der Waals surface area contributed by atoms with Gasteiger partial charge < -0.3 is 11.5 Å². The van der Waals surface area contributed by atoms with Gasteiger partial charge in [0.15, 0.2) is 0 Å². The van der Waals surface area contributed by atoms with Gasteiger partial charge in [0.2, 0.25) is 0 Å². The lowest BCUT2D eigenvalue weighted by Crippen LogP contribution is -2.14. The Morgan fingerprint density at radius 3 is 2.47 bits per heavy atom. The topological polar surface area (TPSA) is 64.9 Å². The molecule has 0 aliphatic rings. The van der Waals surface area contributed by atoms with E-state index in [0.717, 1.165) is 17.5 Å². The minimum absolute atomic E-state index is 0.213. The zero-order valence-corrected chi connectivity index (χ0v) is 9.93. The fourth-order valence-corrected chi connectivity index (χ4v) is 1.82. The van der Waals surface area contributed by atoms with E-state index >= 15 is 0 Å². The Hall–Kier alpha value is -1.87. The smallest absolute Gasteiger partial charge is 0.0587 e. The Morgan fingerprint density at radius 1 is 1.18 bits per heavy atom. The molecule has 4 N–H and O–H groups in total. The monoisotopic (exact) mass is 227 g/mol. The molecular formula is C14H17N3. The molecule has 2 aromatic rings. The van der Waals surface area contributed by atoms with E-state index in [4.69, 9.17) is 11.5 Å². The van der Waals surface area contributed by atoms with Gasteiger partial charge in [-0.25, -0.2) is 0 Å². The van der Waals surface area contributed by atoms with Crippen molar-refractivity contribution in [3.63, 3.8) is 0 Å². The first-order chi connectivity index (χ1) is 8.22. The van der Waals surface area contributed by atoms with E-state index in [1.54, 1.807) is 18.5 Å². The van der Waals surface area contributed by atoms with Crippen LogP contribution in [-0.2, 0) is 6.42 Å². The third kappa shape index (κ3) is 2.45. The summed E-state index contributed by atoms with van der Waals surface area (Å²) in [5, 5.41) is 0. The SMILES string of the molecule is CCc1ccc(C(N)c2cnccc2N)cc1. The fraction of sp³-hybridized carbons (Fsp3) is 0.214. The van der Waals surface area contributed by atoms with Crippen LogP contribution in [0.2, 0.25) is 0 Å². The predicted molar refractivity (Wildman–Crippen MR) is 70.5 cm³/mol. The van der Waals surface area contributed by atoms with Crippen molar-refractivity contribution < 1.29 is 0 Å². The number of rotatable bonds is 3. The van der Waals surface area contributed by atoms with Gasteiger partial charge in [-0.2, -0.15) is 0 Å². The fourth-order valence-electron chi connectivity index (χ4n) is 1.82. The summed E-state index contributed by atoms with van der Waals surface area (Å²) in [5.74, 6) is 0. The number of hydrogen-bond acceptors (Lipinski definition) is 3. The molecule has 0 saturated heterocycles. The molecule has 1 aromatic carbocycles. The zero-order chi connectivity index (χ0) is 12.3. The van der Waals surface area contributed by atoms with E-state index in [2.05, 4.69) is 36.2 Å². The van der Waals surface area contributed by atoms with Crippen molar-refractivity contribution in [2.24, 2.45) is 5.73 Å². The van der Waals surface area contributed by atoms with E-state index < -0.39 is 0 Å². The van der Waals surface area contributed by atoms with Crippen LogP contribution in [0.3, 0.4) is 0 Å². The Morgan fingerprint density at radius 2 is 1.88 bits per heavy atom. The minimum Gasteiger partial charge on any atom is -0.398 e. The van der Waals surface area contributed by atoms with Gasteiger partial charge in [-0.3, -0.25) is 4.98 Å². The number of anilines is 1. The van der Waals surface area contributed by atoms with Gasteiger partial charge >= 0.3 is 0 Å². The van der Waals surface area contributed by atoms with Crippen LogP contribution in [0.25, 0.3) is 0 Å². The maximum atomic E-state index is 6.19. The molecule has 3 nitrogen and oxygen atoms in total. The number of hydrogen-bond donors (Lipinski definition) is 2. The highest BCUT2D eigenvalue weighted by Crippen LogP contribution is 2.23. The standard InChI is InChI=1S/C14H17N3/c1-2-10-3-5-11(6-4-10)14(16)12-9-17-8-7-13(12)15/h3-9,14H,2,16H2,1H3,(H2,15,17). The first-order valence-corrected chi connectivity index (χ1v) is 5.76. The highest BCUT2D eigenvalue weighted by molar-refractivity contribution is 5.49. The number of benzene rings is 1. The van der Waals surface area contributed by atoms with Gasteiger partial charge in [-0.1, -0.05) is 31.2 Å². The quantitative estimate of drug-likeness (QED) is 0.845. The molecule has 0 saturated carbocycles. The third-order valence-electron chi connectivity index (χ3n) is 2.97. The summed E-state index contributed by atoms with van der Waals surface area (Å²) in [6.45, 7) is 2.13. The molecule has 0 aliphatic carbocycles. The molecule has 88 valence electrons. The minimum atomic E-state index is -0.213. The molecule has 0 fully saturated rings. The summed E-state index contributed by atoms with van der Waals surface area (Å²) in [7, 11) is 0. The normalized spacial score (nSPS) is 12.4. The lowest BCUT2D eigenvalue weighted by molar-refractivity contribution is 0.865. The van der Waals surface area contributed by atoms with E-state index in [1.165, 1.54) is 5.56 Å². The Balaban J connectivity index is 2.30. The molecule has 0 bridgehead atoms. The Kier molecular flexibility index (Phi) is 3.40. The number of pyridine rings is 1. The van der Waals surface area contributed by atoms with E-state index in [1.807, 2.05) is 0 Å². The molecule has 1 heterocycles. The van der Waals surface area contributed by atoms with Crippen molar-refractivity contribution in [2.75, 3.05) is 5.73 Å². The number of nitrogens with zero attached hydrogens (tertiary/aromatic N) is 1. The van der Waals surface area contributed by atoms with Gasteiger partial charge in [0.1, 0.15) is 0 Å². The number of nitrogen functional groups attached to an aromatic ring is 1. The second-order valence-corrected chi connectivity index (χ2v) is 4.08. The average Bonchev–Trinajstić information content (AvgIpc) is 2.39. The van der Waals surface area contributed by atoms with Crippen molar-refractivity contribution in [1.29, 1.82) is 0 Å². The molecule has 1 atom stereocenters. The zero-order valence-electron chi connectivity index (χ0n) is 9.93. The molecule has 17 heavy (non-hydrogen) atoms. The first kappa shape index (κ1) is 11.6. The number of nitrogens with two attached hydrogens (primary N) is 2. The highest BCUT2D eigenvalue weighted by Gasteiger charge is 2.11. The second-order valence-electron chi connectivity index (χ2n) is 4.08. The molecule has 0 spiro atoms. The maximum absolute atomic E-state index is 6.19. The largest absolute Gasteiger partial charge is 0.398 e. The van der Waals surface area contributed by atoms with Gasteiger partial charge in [0.05, 0.1) is 6.04 Å². The summed E-state index contributed by atoms with van der Waals surface area (Å²) in [6, 6.07) is 9.86. The molecule has 0 radical (unpaired) electrons. The van der Waals surface area contributed by atoms with Crippen LogP contribution in [0.4, 0.5) is 5.69 Å². The molecule has 1 unspecified atom stereocenters. The highest BCUT2D eigenvalue weighted by atomic mass is 14.7. The van der Waals surface area contributed by atoms with E-state index in [0.29, 0.717) is 5.69 Å². The molecule has 3 heteroatoms. The van der Waals surface area contributed by atoms with Crippen LogP contribution in [0, 0.1) is 0 Å². The number of aromatic nitrogens is 1. The number of aryl methyl sites for hydroxylation is 1. The van der Waals surface area contributed by atoms with Crippen molar-refractivity contribution in [3.05, 3.63) is 59.4 Å². The lowest BCUT2D eigenvalue weighted by Gasteiger charge is -2.14. The van der Waals surface area contributed by atoms with Crippen LogP contribution in [0.5, 0.6) is 0 Å². The van der Waals surface area contributed by atoms with Crippen molar-refractivity contribution >= 4 is 5.69 Å². The van der Waals surface area contributed by atoms with Crippen LogP contribution < -0.4 is 11.5 Å². The average molecular weight is 227 g/mol. The summed E-state index contributed by atoms with van der Waals surface area (Å²) < 4.78 is 0. The van der Waals surface area contributed by atoms with Crippen LogP contribution in [-0.4, -0.2) is 4.98 Å². The maximum Gasteiger partial charge on any atom is 0.0587 e. The Labute approximate surface area is 101 Å². The third-order valence-corrected chi connectivity index (χ3v) is 2.97. The first-order valence-electron chi connectivity index (χ1n) is 5.76. The van der Waals surface area contributed by atoms with Crippen LogP contribution in [0.1, 0.15) is 29.7 Å². The van der Waals surface area contributed by atoms with Gasteiger partial charge in [-0.15, -0.1) is 0 Å². The van der Waals surface area contributed by atoms with Gasteiger partial charge in [0.25, 0.3) is 0 Å². The van der Waals surface area contributed by atoms with Crippen molar-refractivity contribution in [1.82, 2.24) is 4.98 Å². The molecule has 2 rings (SSSR count). The van der Waals surface area contributed by atoms with Crippen LogP contribution in [0.15, 0.2) is 42.7 Å². The van der Waals surface area contributed by atoms with E-state index in [9.17, 15) is 0 Å². The summed E-state index contributed by atoms with van der Waals surface area (Å²) in [4.78, 5) is 4.07. The van der Waals surface area contributed by atoms with Crippen molar-refractivity contribution in [2.45, 2.75) is 19.4 Å². The summed E-state index contributed by atoms with van der Waals surface area (Å²) >= 11 is 0. The predicted octanol–water partition coefficient (Wildman–Crippen LogP) is 2.27. The van der Waals surface area contributed by atoms with Crippen LogP contribution >= 0.6 is 0 Å². The molecule has 1 aromatic heterocycles. The summed E-state index contributed by atoms with van der Waals surface area (Å²) in [5.41, 5.74) is 16.0. The van der Waals surface area contributed by atoms with E-state index in [-0.39, 0.29) is 6.04 Å².